The van der Waals surface area contributed by atoms with Gasteiger partial charge in [-0.25, -0.2) is 0 Å². The Hall–Kier alpha value is -0.520. The van der Waals surface area contributed by atoms with Crippen molar-refractivity contribution in [3.05, 3.63) is 34.3 Å². The molecule has 1 aliphatic rings. The van der Waals surface area contributed by atoms with Crippen LogP contribution in [0.2, 0.25) is 0 Å². The van der Waals surface area contributed by atoms with E-state index in [0.717, 1.165) is 28.9 Å². The molecule has 1 aromatic carbocycles. The number of rotatable bonds is 5. The standard InChI is InChI=1S/C14H19BrN2OS/c15-12-3-1-11(2-4-12)5-6-17-14(18)9-13-10-19-8-7-16-13/h1-4,13,16H,5-10H2,(H,17,18). The molecule has 2 N–H and O–H groups in total. The predicted octanol–water partition coefficient (Wildman–Crippen LogP) is 2.20. The van der Waals surface area contributed by atoms with Crippen molar-refractivity contribution in [1.29, 1.82) is 0 Å². The Morgan fingerprint density at radius 3 is 2.89 bits per heavy atom. The van der Waals surface area contributed by atoms with E-state index in [1.165, 1.54) is 5.56 Å². The fraction of sp³-hybridized carbons (Fsp3) is 0.500. The lowest BCUT2D eigenvalue weighted by atomic mass is 10.1. The van der Waals surface area contributed by atoms with Crippen LogP contribution < -0.4 is 10.6 Å². The quantitative estimate of drug-likeness (QED) is 0.861. The van der Waals surface area contributed by atoms with Gasteiger partial charge in [0.15, 0.2) is 0 Å². The van der Waals surface area contributed by atoms with Crippen molar-refractivity contribution < 1.29 is 4.79 Å². The summed E-state index contributed by atoms with van der Waals surface area (Å²) in [5.41, 5.74) is 1.25. The first kappa shape index (κ1) is 14.9. The molecule has 1 aliphatic heterocycles. The van der Waals surface area contributed by atoms with Crippen LogP contribution >= 0.6 is 27.7 Å². The van der Waals surface area contributed by atoms with Crippen molar-refractivity contribution in [1.82, 2.24) is 10.6 Å². The largest absolute Gasteiger partial charge is 0.356 e. The number of hydrogen-bond acceptors (Lipinski definition) is 3. The van der Waals surface area contributed by atoms with Crippen molar-refractivity contribution >= 4 is 33.6 Å². The third-order valence-corrected chi connectivity index (χ3v) is 4.74. The minimum Gasteiger partial charge on any atom is -0.356 e. The summed E-state index contributed by atoms with van der Waals surface area (Å²) < 4.78 is 1.08. The van der Waals surface area contributed by atoms with E-state index in [0.29, 0.717) is 19.0 Å². The lowest BCUT2D eigenvalue weighted by molar-refractivity contribution is -0.121. The molecule has 1 fully saturated rings. The highest BCUT2D eigenvalue weighted by Crippen LogP contribution is 2.11. The summed E-state index contributed by atoms with van der Waals surface area (Å²) in [5, 5.41) is 6.37. The monoisotopic (exact) mass is 342 g/mol. The highest BCUT2D eigenvalue weighted by atomic mass is 79.9. The summed E-state index contributed by atoms with van der Waals surface area (Å²) in [6, 6.07) is 8.55. The highest BCUT2D eigenvalue weighted by Gasteiger charge is 2.16. The molecule has 1 heterocycles. The van der Waals surface area contributed by atoms with E-state index in [1.807, 2.05) is 23.9 Å². The third-order valence-electron chi connectivity index (χ3n) is 3.08. The molecule has 104 valence electrons. The van der Waals surface area contributed by atoms with Crippen LogP contribution in [0.3, 0.4) is 0 Å². The molecule has 1 unspecified atom stereocenters. The Morgan fingerprint density at radius 1 is 1.42 bits per heavy atom. The van der Waals surface area contributed by atoms with Crippen molar-refractivity contribution in [3.8, 4) is 0 Å². The van der Waals surface area contributed by atoms with Crippen molar-refractivity contribution in [3.63, 3.8) is 0 Å². The molecule has 0 aromatic heterocycles. The van der Waals surface area contributed by atoms with Gasteiger partial charge in [-0.15, -0.1) is 0 Å². The number of amides is 1. The van der Waals surface area contributed by atoms with Gasteiger partial charge in [0, 0.05) is 41.5 Å². The van der Waals surface area contributed by atoms with Crippen LogP contribution in [0.15, 0.2) is 28.7 Å². The van der Waals surface area contributed by atoms with E-state index in [2.05, 4.69) is 38.7 Å². The van der Waals surface area contributed by atoms with Crippen LogP contribution in [0.1, 0.15) is 12.0 Å². The average molecular weight is 343 g/mol. The maximum atomic E-state index is 11.8. The predicted molar refractivity (Wildman–Crippen MR) is 84.6 cm³/mol. The van der Waals surface area contributed by atoms with E-state index in [1.54, 1.807) is 0 Å². The second-order valence-electron chi connectivity index (χ2n) is 4.66. The fourth-order valence-electron chi connectivity index (χ4n) is 2.04. The van der Waals surface area contributed by atoms with E-state index < -0.39 is 0 Å². The zero-order chi connectivity index (χ0) is 13.5. The molecule has 0 spiro atoms. The molecular formula is C14H19BrN2OS. The van der Waals surface area contributed by atoms with Gasteiger partial charge in [0.2, 0.25) is 5.91 Å². The minimum absolute atomic E-state index is 0.150. The van der Waals surface area contributed by atoms with Crippen LogP contribution in [0.4, 0.5) is 0 Å². The van der Waals surface area contributed by atoms with Crippen molar-refractivity contribution in [2.24, 2.45) is 0 Å². The Bertz CT molecular complexity index is 404. The molecule has 0 radical (unpaired) electrons. The first-order valence-electron chi connectivity index (χ1n) is 6.56. The SMILES string of the molecule is O=C(CC1CSCCN1)NCCc1ccc(Br)cc1. The van der Waals surface area contributed by atoms with E-state index in [9.17, 15) is 4.79 Å². The van der Waals surface area contributed by atoms with E-state index in [-0.39, 0.29) is 5.91 Å². The third kappa shape index (κ3) is 5.55. The first-order chi connectivity index (χ1) is 9.24. The Balaban J connectivity index is 1.64. The molecular weight excluding hydrogens is 324 g/mol. The summed E-state index contributed by atoms with van der Waals surface area (Å²) >= 11 is 5.33. The number of hydrogen-bond donors (Lipinski definition) is 2. The first-order valence-corrected chi connectivity index (χ1v) is 8.51. The normalized spacial score (nSPS) is 19.1. The molecule has 1 saturated heterocycles. The Morgan fingerprint density at radius 2 is 2.21 bits per heavy atom. The molecule has 2 rings (SSSR count). The second kappa shape index (κ2) is 7.92. The molecule has 19 heavy (non-hydrogen) atoms. The zero-order valence-corrected chi connectivity index (χ0v) is 13.2. The molecule has 0 saturated carbocycles. The van der Waals surface area contributed by atoms with Crippen LogP contribution in [-0.4, -0.2) is 36.5 Å². The number of carbonyl (C=O) groups excluding carboxylic acids is 1. The number of nitrogens with one attached hydrogen (secondary N) is 2. The van der Waals surface area contributed by atoms with Gasteiger partial charge < -0.3 is 10.6 Å². The fourth-order valence-corrected chi connectivity index (χ4v) is 3.26. The molecule has 1 amide bonds. The number of benzene rings is 1. The number of halogens is 1. The van der Waals surface area contributed by atoms with Gasteiger partial charge in [-0.05, 0) is 24.1 Å². The second-order valence-corrected chi connectivity index (χ2v) is 6.72. The summed E-state index contributed by atoms with van der Waals surface area (Å²) in [7, 11) is 0. The Labute approximate surface area is 127 Å². The summed E-state index contributed by atoms with van der Waals surface area (Å²) in [5.74, 6) is 2.35. The topological polar surface area (TPSA) is 41.1 Å². The van der Waals surface area contributed by atoms with E-state index in [4.69, 9.17) is 0 Å². The molecule has 5 heteroatoms. The maximum absolute atomic E-state index is 11.8. The van der Waals surface area contributed by atoms with Gasteiger partial charge in [-0.2, -0.15) is 11.8 Å². The zero-order valence-electron chi connectivity index (χ0n) is 10.8. The van der Waals surface area contributed by atoms with Gasteiger partial charge in [0.25, 0.3) is 0 Å². The molecule has 0 bridgehead atoms. The van der Waals surface area contributed by atoms with Crippen LogP contribution in [0.25, 0.3) is 0 Å². The maximum Gasteiger partial charge on any atom is 0.221 e. The molecule has 3 nitrogen and oxygen atoms in total. The smallest absolute Gasteiger partial charge is 0.221 e. The lowest BCUT2D eigenvalue weighted by Gasteiger charge is -2.22. The van der Waals surface area contributed by atoms with Gasteiger partial charge >= 0.3 is 0 Å². The minimum atomic E-state index is 0.150. The van der Waals surface area contributed by atoms with Crippen LogP contribution in [0.5, 0.6) is 0 Å². The van der Waals surface area contributed by atoms with Gasteiger partial charge in [0.1, 0.15) is 0 Å². The lowest BCUT2D eigenvalue weighted by Crippen LogP contribution is -2.41. The van der Waals surface area contributed by atoms with Crippen molar-refractivity contribution in [2.75, 3.05) is 24.6 Å². The summed E-state index contributed by atoms with van der Waals surface area (Å²) in [4.78, 5) is 11.8. The number of carbonyl (C=O) groups is 1. The molecule has 1 atom stereocenters. The molecule has 0 aliphatic carbocycles. The highest BCUT2D eigenvalue weighted by molar-refractivity contribution is 9.10. The molecule has 1 aromatic rings. The average Bonchev–Trinajstić information content (AvgIpc) is 2.42. The Kier molecular flexibility index (Phi) is 6.20. The van der Waals surface area contributed by atoms with Crippen LogP contribution in [0, 0.1) is 0 Å². The van der Waals surface area contributed by atoms with Gasteiger partial charge in [-0.3, -0.25) is 4.79 Å². The van der Waals surface area contributed by atoms with E-state index >= 15 is 0 Å². The van der Waals surface area contributed by atoms with Crippen LogP contribution in [-0.2, 0) is 11.2 Å². The van der Waals surface area contributed by atoms with Crippen molar-refractivity contribution in [2.45, 2.75) is 18.9 Å². The van der Waals surface area contributed by atoms with Gasteiger partial charge in [0.05, 0.1) is 0 Å². The number of thioether (sulfide) groups is 1. The summed E-state index contributed by atoms with van der Waals surface area (Å²) in [6.45, 7) is 1.72. The summed E-state index contributed by atoms with van der Waals surface area (Å²) in [6.07, 6.45) is 1.47. The van der Waals surface area contributed by atoms with Gasteiger partial charge in [-0.1, -0.05) is 28.1 Å².